The Balaban J connectivity index is 1.92. The smallest absolute Gasteiger partial charge is 0.0950 e. The van der Waals surface area contributed by atoms with Gasteiger partial charge in [-0.3, -0.25) is 0 Å². The van der Waals surface area contributed by atoms with Gasteiger partial charge in [-0.05, 0) is 18.8 Å². The number of imidazole rings is 1. The van der Waals surface area contributed by atoms with Crippen LogP contribution in [0, 0.1) is 5.92 Å². The normalized spacial score (nSPS) is 18.2. The largest absolute Gasteiger partial charge is 0.390 e. The number of hydrogen-bond acceptors (Lipinski definition) is 2. The third kappa shape index (κ3) is 2.10. The average molecular weight is 180 g/mol. The van der Waals surface area contributed by atoms with Gasteiger partial charge in [0.2, 0.25) is 0 Å². The second kappa shape index (κ2) is 3.92. The van der Waals surface area contributed by atoms with Crippen molar-refractivity contribution in [2.24, 2.45) is 5.92 Å². The van der Waals surface area contributed by atoms with E-state index in [1.54, 1.807) is 0 Å². The molecule has 0 aromatic carbocycles. The lowest BCUT2D eigenvalue weighted by atomic mass is 10.1. The van der Waals surface area contributed by atoms with Gasteiger partial charge in [-0.15, -0.1) is 0 Å². The third-order valence-electron chi connectivity index (χ3n) is 2.79. The van der Waals surface area contributed by atoms with Crippen LogP contribution < -0.4 is 0 Å². The molecule has 72 valence electrons. The highest BCUT2D eigenvalue weighted by atomic mass is 16.3. The van der Waals surface area contributed by atoms with Crippen molar-refractivity contribution >= 4 is 0 Å². The van der Waals surface area contributed by atoms with E-state index in [2.05, 4.69) is 9.55 Å². The van der Waals surface area contributed by atoms with Crippen molar-refractivity contribution < 1.29 is 5.11 Å². The minimum Gasteiger partial charge on any atom is -0.390 e. The Labute approximate surface area is 78.4 Å². The van der Waals surface area contributed by atoms with E-state index in [1.165, 1.54) is 25.7 Å². The molecule has 1 fully saturated rings. The highest BCUT2D eigenvalue weighted by molar-refractivity contribution is 4.94. The van der Waals surface area contributed by atoms with E-state index in [1.807, 2.05) is 12.5 Å². The Morgan fingerprint density at radius 2 is 2.23 bits per heavy atom. The molecule has 1 saturated carbocycles. The predicted molar refractivity (Wildman–Crippen MR) is 50.1 cm³/mol. The summed E-state index contributed by atoms with van der Waals surface area (Å²) in [6.07, 6.45) is 9.24. The van der Waals surface area contributed by atoms with E-state index >= 15 is 0 Å². The molecular weight excluding hydrogens is 164 g/mol. The highest BCUT2D eigenvalue weighted by Crippen LogP contribution is 2.25. The Kier molecular flexibility index (Phi) is 2.64. The number of aromatic nitrogens is 2. The van der Waals surface area contributed by atoms with Crippen molar-refractivity contribution in [1.82, 2.24) is 9.55 Å². The second-order valence-corrected chi connectivity index (χ2v) is 3.87. The summed E-state index contributed by atoms with van der Waals surface area (Å²) >= 11 is 0. The van der Waals surface area contributed by atoms with Gasteiger partial charge < -0.3 is 9.67 Å². The lowest BCUT2D eigenvalue weighted by Gasteiger charge is -2.08. The zero-order valence-corrected chi connectivity index (χ0v) is 7.82. The molecule has 0 amide bonds. The fourth-order valence-corrected chi connectivity index (χ4v) is 2.08. The lowest BCUT2D eigenvalue weighted by Crippen LogP contribution is -2.04. The summed E-state index contributed by atoms with van der Waals surface area (Å²) in [6, 6.07) is 0. The molecule has 0 unspecified atom stereocenters. The van der Waals surface area contributed by atoms with Gasteiger partial charge in [-0.2, -0.15) is 0 Å². The number of nitrogens with zero attached hydrogens (tertiary/aromatic N) is 2. The molecular formula is C10H16N2O. The topological polar surface area (TPSA) is 38.0 Å². The van der Waals surface area contributed by atoms with Gasteiger partial charge in [0.05, 0.1) is 18.6 Å². The molecule has 1 N–H and O–H groups in total. The van der Waals surface area contributed by atoms with Crippen molar-refractivity contribution in [2.75, 3.05) is 0 Å². The molecule has 3 heteroatoms. The number of aliphatic hydroxyl groups is 1. The monoisotopic (exact) mass is 180 g/mol. The van der Waals surface area contributed by atoms with Crippen LogP contribution in [0.3, 0.4) is 0 Å². The zero-order valence-electron chi connectivity index (χ0n) is 7.82. The third-order valence-corrected chi connectivity index (χ3v) is 2.79. The molecule has 3 nitrogen and oxygen atoms in total. The van der Waals surface area contributed by atoms with Gasteiger partial charge in [0.1, 0.15) is 0 Å². The van der Waals surface area contributed by atoms with E-state index in [-0.39, 0.29) is 6.61 Å². The Morgan fingerprint density at radius 1 is 1.46 bits per heavy atom. The number of hydrogen-bond donors (Lipinski definition) is 1. The van der Waals surface area contributed by atoms with E-state index < -0.39 is 0 Å². The molecule has 13 heavy (non-hydrogen) atoms. The lowest BCUT2D eigenvalue weighted by molar-refractivity contribution is 0.277. The molecule has 0 saturated heterocycles. The summed E-state index contributed by atoms with van der Waals surface area (Å²) in [5, 5.41) is 8.84. The van der Waals surface area contributed by atoms with Crippen molar-refractivity contribution in [3.63, 3.8) is 0 Å². The van der Waals surface area contributed by atoms with Crippen LogP contribution in [0.1, 0.15) is 31.4 Å². The van der Waals surface area contributed by atoms with Crippen LogP contribution >= 0.6 is 0 Å². The zero-order chi connectivity index (χ0) is 9.10. The summed E-state index contributed by atoms with van der Waals surface area (Å²) in [6.45, 7) is 1.13. The van der Waals surface area contributed by atoms with E-state index in [4.69, 9.17) is 5.11 Å². The first-order valence-corrected chi connectivity index (χ1v) is 5.00. The molecule has 1 aromatic heterocycles. The first-order valence-electron chi connectivity index (χ1n) is 5.00. The number of aliphatic hydroxyl groups excluding tert-OH is 1. The molecule has 0 radical (unpaired) electrons. The summed E-state index contributed by atoms with van der Waals surface area (Å²) in [5.74, 6) is 0.834. The fraction of sp³-hybridized carbons (Fsp3) is 0.700. The van der Waals surface area contributed by atoms with Crippen molar-refractivity contribution in [2.45, 2.75) is 38.8 Å². The molecule has 0 bridgehead atoms. The summed E-state index contributed by atoms with van der Waals surface area (Å²) in [7, 11) is 0. The van der Waals surface area contributed by atoms with Gasteiger partial charge >= 0.3 is 0 Å². The van der Waals surface area contributed by atoms with Gasteiger partial charge in [-0.25, -0.2) is 4.98 Å². The summed E-state index contributed by atoms with van der Waals surface area (Å²) in [4.78, 5) is 4.09. The Bertz CT molecular complexity index is 264. The van der Waals surface area contributed by atoms with E-state index in [0.717, 1.165) is 18.2 Å². The van der Waals surface area contributed by atoms with Crippen molar-refractivity contribution in [3.05, 3.63) is 18.2 Å². The van der Waals surface area contributed by atoms with Gasteiger partial charge in [-0.1, -0.05) is 12.8 Å². The molecule has 0 spiro atoms. The molecule has 1 aliphatic carbocycles. The molecule has 1 heterocycles. The van der Waals surface area contributed by atoms with Gasteiger partial charge in [0.25, 0.3) is 0 Å². The van der Waals surface area contributed by atoms with Gasteiger partial charge in [0, 0.05) is 12.7 Å². The average Bonchev–Trinajstić information content (AvgIpc) is 2.76. The molecule has 1 aliphatic rings. The molecule has 2 rings (SSSR count). The molecule has 1 aromatic rings. The fourth-order valence-electron chi connectivity index (χ4n) is 2.08. The van der Waals surface area contributed by atoms with Crippen LogP contribution in [0.15, 0.2) is 12.5 Å². The van der Waals surface area contributed by atoms with Crippen molar-refractivity contribution in [3.8, 4) is 0 Å². The van der Waals surface area contributed by atoms with Gasteiger partial charge in [0.15, 0.2) is 0 Å². The van der Waals surface area contributed by atoms with E-state index in [9.17, 15) is 0 Å². The maximum atomic E-state index is 8.84. The minimum absolute atomic E-state index is 0.0532. The Morgan fingerprint density at radius 3 is 2.85 bits per heavy atom. The van der Waals surface area contributed by atoms with Crippen LogP contribution in [-0.2, 0) is 13.2 Å². The minimum atomic E-state index is 0.0532. The quantitative estimate of drug-likeness (QED) is 0.766. The van der Waals surface area contributed by atoms with Crippen LogP contribution in [0.25, 0.3) is 0 Å². The SMILES string of the molecule is OCc1cn(CC2CCCC2)cn1. The molecule has 0 aliphatic heterocycles. The van der Waals surface area contributed by atoms with Crippen LogP contribution in [0.5, 0.6) is 0 Å². The molecule has 0 atom stereocenters. The van der Waals surface area contributed by atoms with Crippen molar-refractivity contribution in [1.29, 1.82) is 0 Å². The summed E-state index contributed by atoms with van der Waals surface area (Å²) in [5.41, 5.74) is 0.776. The maximum absolute atomic E-state index is 8.84. The summed E-state index contributed by atoms with van der Waals surface area (Å²) < 4.78 is 2.10. The Hall–Kier alpha value is -0.830. The second-order valence-electron chi connectivity index (χ2n) is 3.87. The van der Waals surface area contributed by atoms with Crippen LogP contribution in [0.4, 0.5) is 0 Å². The predicted octanol–water partition coefficient (Wildman–Crippen LogP) is 1.57. The number of rotatable bonds is 3. The van der Waals surface area contributed by atoms with E-state index in [0.29, 0.717) is 0 Å². The highest BCUT2D eigenvalue weighted by Gasteiger charge is 2.15. The maximum Gasteiger partial charge on any atom is 0.0950 e. The first kappa shape index (κ1) is 8.75. The van der Waals surface area contributed by atoms with Crippen LogP contribution in [-0.4, -0.2) is 14.7 Å². The van der Waals surface area contributed by atoms with Crippen LogP contribution in [0.2, 0.25) is 0 Å². The standard InChI is InChI=1S/C10H16N2O/c13-7-10-6-12(8-11-10)5-9-3-1-2-4-9/h6,8-9,13H,1-5,7H2. The first-order chi connectivity index (χ1) is 6.38.